The molecule has 0 unspecified atom stereocenters. The third kappa shape index (κ3) is 1.22. The third-order valence-corrected chi connectivity index (χ3v) is 1.36. The fourth-order valence-electron chi connectivity index (χ4n) is 0.826. The minimum Gasteiger partial charge on any atom is -0.503 e. The van der Waals surface area contributed by atoms with Crippen molar-refractivity contribution in [3.05, 3.63) is 11.3 Å². The van der Waals surface area contributed by atoms with Crippen LogP contribution in [0, 0.1) is 0 Å². The van der Waals surface area contributed by atoms with E-state index in [2.05, 4.69) is 0 Å². The van der Waals surface area contributed by atoms with Crippen LogP contribution in [0.15, 0.2) is 11.3 Å². The van der Waals surface area contributed by atoms with Gasteiger partial charge < -0.3 is 10.2 Å². The zero-order chi connectivity index (χ0) is 8.43. The molecule has 0 fully saturated rings. The predicted octanol–water partition coefficient (Wildman–Crippen LogP) is -1.16. The molecule has 3 N–H and O–H groups in total. The Morgan fingerprint density at radius 2 is 1.91 bits per heavy atom. The van der Waals surface area contributed by atoms with Crippen LogP contribution in [0.1, 0.15) is 6.42 Å². The number of rotatable bonds is 2. The maximum atomic E-state index is 10.7. The monoisotopic (exact) mass is 157 g/mol. The lowest BCUT2D eigenvalue weighted by molar-refractivity contribution is -0.125. The third-order valence-electron chi connectivity index (χ3n) is 1.36. The Hall–Kier alpha value is -1.36. The summed E-state index contributed by atoms with van der Waals surface area (Å²) in [6.45, 7) is -0.264. The number of hydrogen-bond acceptors (Lipinski definition) is 4. The Morgan fingerprint density at radius 1 is 1.27 bits per heavy atom. The van der Waals surface area contributed by atoms with Gasteiger partial charge >= 0.3 is 0 Å². The molecular formula is C6H7NO4. The van der Waals surface area contributed by atoms with E-state index in [1.165, 1.54) is 0 Å². The van der Waals surface area contributed by atoms with Gasteiger partial charge in [0.2, 0.25) is 0 Å². The zero-order valence-electron chi connectivity index (χ0n) is 5.63. The summed E-state index contributed by atoms with van der Waals surface area (Å²) in [5, 5.41) is 19.2. The van der Waals surface area contributed by atoms with Crippen molar-refractivity contribution in [1.29, 1.82) is 0 Å². The Labute approximate surface area is 62.3 Å². The highest BCUT2D eigenvalue weighted by Gasteiger charge is 2.28. The molecule has 1 aliphatic heterocycles. The fourth-order valence-corrected chi connectivity index (χ4v) is 0.826. The van der Waals surface area contributed by atoms with Crippen LogP contribution in [-0.2, 0) is 9.59 Å². The van der Waals surface area contributed by atoms with Crippen LogP contribution in [0.3, 0.4) is 0 Å². The van der Waals surface area contributed by atoms with Crippen molar-refractivity contribution < 1.29 is 19.8 Å². The van der Waals surface area contributed by atoms with Gasteiger partial charge in [-0.2, -0.15) is 0 Å². The Kier molecular flexibility index (Phi) is 1.91. The standard InChI is InChI=1S/C6H7NO4/c8-2-1-3-4(9)6(11)7-5(3)10/h8H,1-2H2,(H2,7,9,10,11). The number of aliphatic hydroxyl groups is 2. The van der Waals surface area contributed by atoms with Crippen LogP contribution in [0.4, 0.5) is 0 Å². The average molecular weight is 157 g/mol. The first-order valence-corrected chi connectivity index (χ1v) is 3.05. The molecule has 1 aliphatic rings. The van der Waals surface area contributed by atoms with Crippen LogP contribution in [0.5, 0.6) is 0 Å². The van der Waals surface area contributed by atoms with E-state index in [1.54, 1.807) is 0 Å². The summed E-state index contributed by atoms with van der Waals surface area (Å²) in [6.07, 6.45) is 0.00338. The Bertz CT molecular complexity index is 243. The molecule has 5 heteroatoms. The molecule has 5 nitrogen and oxygen atoms in total. The summed E-state index contributed by atoms with van der Waals surface area (Å²) in [4.78, 5) is 21.3. The molecular weight excluding hydrogens is 150 g/mol. The van der Waals surface area contributed by atoms with Gasteiger partial charge in [-0.1, -0.05) is 0 Å². The van der Waals surface area contributed by atoms with E-state index in [4.69, 9.17) is 10.2 Å². The smallest absolute Gasteiger partial charge is 0.293 e. The summed E-state index contributed by atoms with van der Waals surface area (Å²) in [6, 6.07) is 0. The quantitative estimate of drug-likeness (QED) is 0.441. The van der Waals surface area contributed by atoms with Crippen LogP contribution >= 0.6 is 0 Å². The topological polar surface area (TPSA) is 86.6 Å². The predicted molar refractivity (Wildman–Crippen MR) is 34.5 cm³/mol. The van der Waals surface area contributed by atoms with E-state index in [0.29, 0.717) is 0 Å². The second-order valence-corrected chi connectivity index (χ2v) is 2.08. The largest absolute Gasteiger partial charge is 0.503 e. The molecule has 0 aliphatic carbocycles. The highest BCUT2D eigenvalue weighted by atomic mass is 16.3. The minimum atomic E-state index is -0.793. The van der Waals surface area contributed by atoms with E-state index in [9.17, 15) is 9.59 Å². The molecule has 0 saturated carbocycles. The second-order valence-electron chi connectivity index (χ2n) is 2.08. The minimum absolute atomic E-state index is 0.00338. The SMILES string of the molecule is O=C1NC(=O)C(CCO)=C1O. The normalized spacial score (nSPS) is 17.5. The van der Waals surface area contributed by atoms with E-state index in [0.717, 1.165) is 0 Å². The summed E-state index contributed by atoms with van der Waals surface area (Å²) < 4.78 is 0. The second kappa shape index (κ2) is 2.71. The molecule has 0 bridgehead atoms. The molecule has 1 rings (SSSR count). The first kappa shape index (κ1) is 7.74. The van der Waals surface area contributed by atoms with Crippen molar-refractivity contribution >= 4 is 11.8 Å². The van der Waals surface area contributed by atoms with Gasteiger partial charge in [0.15, 0.2) is 5.76 Å². The lowest BCUT2D eigenvalue weighted by atomic mass is 10.2. The molecule has 0 atom stereocenters. The molecule has 2 amide bonds. The van der Waals surface area contributed by atoms with Crippen LogP contribution < -0.4 is 5.32 Å². The number of nitrogens with one attached hydrogen (secondary N) is 1. The highest BCUT2D eigenvalue weighted by Crippen LogP contribution is 2.12. The van der Waals surface area contributed by atoms with Gasteiger partial charge in [0.05, 0.1) is 5.57 Å². The molecule has 0 aromatic carbocycles. The first-order chi connectivity index (χ1) is 5.16. The van der Waals surface area contributed by atoms with Gasteiger partial charge in [-0.3, -0.25) is 14.9 Å². The van der Waals surface area contributed by atoms with Crippen molar-refractivity contribution in [2.45, 2.75) is 6.42 Å². The van der Waals surface area contributed by atoms with Gasteiger partial charge in [-0.25, -0.2) is 0 Å². The maximum absolute atomic E-state index is 10.7. The van der Waals surface area contributed by atoms with Gasteiger partial charge in [0.1, 0.15) is 0 Å². The molecule has 0 aromatic rings. The number of imide groups is 1. The molecule has 1 heterocycles. The van der Waals surface area contributed by atoms with Gasteiger partial charge in [-0.15, -0.1) is 0 Å². The van der Waals surface area contributed by atoms with Crippen molar-refractivity contribution in [2.75, 3.05) is 6.61 Å². The molecule has 0 radical (unpaired) electrons. The molecule has 60 valence electrons. The molecule has 0 spiro atoms. The van der Waals surface area contributed by atoms with Crippen molar-refractivity contribution in [3.63, 3.8) is 0 Å². The molecule has 0 saturated heterocycles. The van der Waals surface area contributed by atoms with Crippen LogP contribution in [-0.4, -0.2) is 28.6 Å². The average Bonchev–Trinajstić information content (AvgIpc) is 2.17. The van der Waals surface area contributed by atoms with Crippen molar-refractivity contribution in [1.82, 2.24) is 5.32 Å². The van der Waals surface area contributed by atoms with Crippen LogP contribution in [0.25, 0.3) is 0 Å². The van der Waals surface area contributed by atoms with E-state index < -0.39 is 17.6 Å². The molecule has 0 aromatic heterocycles. The summed E-state index contributed by atoms with van der Waals surface area (Å²) >= 11 is 0. The van der Waals surface area contributed by atoms with E-state index in [-0.39, 0.29) is 18.6 Å². The number of carbonyl (C=O) groups excluding carboxylic acids is 2. The number of aliphatic hydroxyl groups excluding tert-OH is 2. The van der Waals surface area contributed by atoms with Gasteiger partial charge in [0.25, 0.3) is 11.8 Å². The van der Waals surface area contributed by atoms with E-state index in [1.807, 2.05) is 5.32 Å². The maximum Gasteiger partial charge on any atom is 0.293 e. The lowest BCUT2D eigenvalue weighted by Crippen LogP contribution is -2.23. The highest BCUT2D eigenvalue weighted by molar-refractivity contribution is 6.18. The fraction of sp³-hybridized carbons (Fsp3) is 0.333. The van der Waals surface area contributed by atoms with Crippen molar-refractivity contribution in [2.24, 2.45) is 0 Å². The number of carbonyl (C=O) groups is 2. The summed E-state index contributed by atoms with van der Waals surface area (Å²) in [7, 11) is 0. The number of amides is 2. The Balaban J connectivity index is 2.87. The lowest BCUT2D eigenvalue weighted by Gasteiger charge is -1.93. The first-order valence-electron chi connectivity index (χ1n) is 3.05. The van der Waals surface area contributed by atoms with Gasteiger partial charge in [0, 0.05) is 13.0 Å². The zero-order valence-corrected chi connectivity index (χ0v) is 5.63. The van der Waals surface area contributed by atoms with Crippen LogP contribution in [0.2, 0.25) is 0 Å². The Morgan fingerprint density at radius 3 is 2.27 bits per heavy atom. The number of hydrogen-bond donors (Lipinski definition) is 3. The molecule has 11 heavy (non-hydrogen) atoms. The summed E-state index contributed by atoms with van der Waals surface area (Å²) in [5.41, 5.74) is -0.0440. The van der Waals surface area contributed by atoms with E-state index >= 15 is 0 Å². The van der Waals surface area contributed by atoms with Crippen molar-refractivity contribution in [3.8, 4) is 0 Å². The van der Waals surface area contributed by atoms with Gasteiger partial charge in [-0.05, 0) is 0 Å². The summed E-state index contributed by atoms with van der Waals surface area (Å²) in [5.74, 6) is -2.00.